The maximum absolute atomic E-state index is 10.7. The molecule has 1 saturated heterocycles. The fraction of sp³-hybridized carbons (Fsp3) is 0.478. The Balaban J connectivity index is 1.73. The predicted molar refractivity (Wildman–Crippen MR) is 117 cm³/mol. The second-order valence-corrected chi connectivity index (χ2v) is 9.42. The van der Waals surface area contributed by atoms with E-state index in [1.54, 1.807) is 11.8 Å². The molecule has 7 heteroatoms. The number of rotatable bonds is 5. The van der Waals surface area contributed by atoms with Crippen LogP contribution in [0, 0.1) is 0 Å². The molecule has 162 valence electrons. The molecule has 0 spiro atoms. The highest BCUT2D eigenvalue weighted by atomic mass is 35.5. The van der Waals surface area contributed by atoms with Gasteiger partial charge in [0.25, 0.3) is 0 Å². The van der Waals surface area contributed by atoms with E-state index in [1.165, 1.54) is 5.56 Å². The first kappa shape index (κ1) is 22.1. The van der Waals surface area contributed by atoms with Crippen molar-refractivity contribution in [1.29, 1.82) is 0 Å². The molecule has 2 heterocycles. The zero-order valence-electron chi connectivity index (χ0n) is 16.8. The van der Waals surface area contributed by atoms with E-state index < -0.39 is 37.1 Å². The van der Waals surface area contributed by atoms with E-state index in [1.807, 2.05) is 6.07 Å². The summed E-state index contributed by atoms with van der Waals surface area (Å²) in [6, 6.07) is 10.4. The monoisotopic (exact) mass is 450 g/mol. The van der Waals surface area contributed by atoms with E-state index in [2.05, 4.69) is 31.2 Å². The molecule has 1 fully saturated rings. The zero-order chi connectivity index (χ0) is 21.4. The van der Waals surface area contributed by atoms with E-state index >= 15 is 0 Å². The van der Waals surface area contributed by atoms with Crippen molar-refractivity contribution in [1.82, 2.24) is 0 Å². The molecule has 0 unspecified atom stereocenters. The summed E-state index contributed by atoms with van der Waals surface area (Å²) in [7, 11) is 0. The number of halogens is 1. The third-order valence-electron chi connectivity index (χ3n) is 6.06. The second-order valence-electron chi connectivity index (χ2n) is 7.94. The highest BCUT2D eigenvalue weighted by Crippen LogP contribution is 2.46. The van der Waals surface area contributed by atoms with E-state index in [-0.39, 0.29) is 0 Å². The van der Waals surface area contributed by atoms with Gasteiger partial charge in [-0.2, -0.15) is 0 Å². The molecular weight excluding hydrogens is 424 g/mol. The molecule has 0 radical (unpaired) electrons. The van der Waals surface area contributed by atoms with E-state index in [4.69, 9.17) is 16.3 Å². The number of thioether (sulfide) groups is 1. The van der Waals surface area contributed by atoms with Gasteiger partial charge in [-0.05, 0) is 47.1 Å². The summed E-state index contributed by atoms with van der Waals surface area (Å²) >= 11 is 8.45. The average Bonchev–Trinajstić information content (AvgIpc) is 3.26. The van der Waals surface area contributed by atoms with Crippen LogP contribution in [-0.4, -0.2) is 57.2 Å². The van der Waals surface area contributed by atoms with Crippen molar-refractivity contribution in [3.8, 4) is 0 Å². The molecule has 2 aromatic carbocycles. The molecule has 0 bridgehead atoms. The summed E-state index contributed by atoms with van der Waals surface area (Å²) < 4.78 is 5.85. The molecule has 2 aliphatic rings. The summed E-state index contributed by atoms with van der Waals surface area (Å²) in [5.41, 5.74) is 5.13. The van der Waals surface area contributed by atoms with Crippen LogP contribution in [0.3, 0.4) is 0 Å². The lowest BCUT2D eigenvalue weighted by atomic mass is 9.87. The first-order valence-corrected chi connectivity index (χ1v) is 11.7. The minimum absolute atomic E-state index is 0.442. The van der Waals surface area contributed by atoms with Crippen molar-refractivity contribution in [2.75, 3.05) is 12.4 Å². The number of aliphatic hydroxyl groups is 4. The molecule has 0 aromatic heterocycles. The number of hydrogen-bond donors (Lipinski definition) is 4. The lowest BCUT2D eigenvalue weighted by Gasteiger charge is -2.41. The van der Waals surface area contributed by atoms with E-state index in [9.17, 15) is 20.4 Å². The van der Waals surface area contributed by atoms with Crippen LogP contribution in [0.25, 0.3) is 0 Å². The van der Waals surface area contributed by atoms with Crippen LogP contribution in [0.5, 0.6) is 0 Å². The van der Waals surface area contributed by atoms with Crippen LogP contribution >= 0.6 is 23.4 Å². The van der Waals surface area contributed by atoms with E-state index in [0.29, 0.717) is 6.42 Å². The summed E-state index contributed by atoms with van der Waals surface area (Å²) in [5, 5.41) is 41.3. The topological polar surface area (TPSA) is 90.2 Å². The van der Waals surface area contributed by atoms with Crippen LogP contribution in [0.1, 0.15) is 40.8 Å². The summed E-state index contributed by atoms with van der Waals surface area (Å²) in [5.74, 6) is 0.883. The Morgan fingerprint density at radius 2 is 1.77 bits per heavy atom. The SMILES string of the molecule is CCc1ccc(Cc2cc([C@@H]3O[C@H](CO)[C@@H](O)[C@H](O)[C@H]3O)c3c(c2Cl)SCC3)cc1. The highest BCUT2D eigenvalue weighted by Gasteiger charge is 2.45. The zero-order valence-corrected chi connectivity index (χ0v) is 18.4. The summed E-state index contributed by atoms with van der Waals surface area (Å²) in [6.45, 7) is 1.68. The van der Waals surface area contributed by atoms with Gasteiger partial charge in [0, 0.05) is 10.6 Å². The van der Waals surface area contributed by atoms with Gasteiger partial charge in [-0.25, -0.2) is 0 Å². The number of aliphatic hydroxyl groups excluding tert-OH is 4. The Morgan fingerprint density at radius 1 is 1.07 bits per heavy atom. The molecule has 5 atom stereocenters. The fourth-order valence-corrected chi connectivity index (χ4v) is 5.83. The molecule has 0 amide bonds. The van der Waals surface area contributed by atoms with Gasteiger partial charge in [0.1, 0.15) is 30.5 Å². The first-order valence-electron chi connectivity index (χ1n) is 10.3. The number of hydrogen-bond acceptors (Lipinski definition) is 6. The van der Waals surface area contributed by atoms with Crippen molar-refractivity contribution in [3.63, 3.8) is 0 Å². The van der Waals surface area contributed by atoms with Gasteiger partial charge in [0.15, 0.2) is 0 Å². The molecule has 30 heavy (non-hydrogen) atoms. The van der Waals surface area contributed by atoms with Crippen molar-refractivity contribution in [2.24, 2.45) is 0 Å². The van der Waals surface area contributed by atoms with Gasteiger partial charge in [0.2, 0.25) is 0 Å². The van der Waals surface area contributed by atoms with Crippen LogP contribution in [-0.2, 0) is 24.0 Å². The Labute approximate surface area is 185 Å². The maximum Gasteiger partial charge on any atom is 0.113 e. The molecule has 4 rings (SSSR count). The molecule has 4 N–H and O–H groups in total. The second kappa shape index (κ2) is 9.17. The summed E-state index contributed by atoms with van der Waals surface area (Å²) in [4.78, 5) is 0.992. The number of ether oxygens (including phenoxy) is 1. The Hall–Kier alpha value is -1.12. The van der Waals surface area contributed by atoms with Crippen LogP contribution in [0.2, 0.25) is 5.02 Å². The largest absolute Gasteiger partial charge is 0.394 e. The van der Waals surface area contributed by atoms with Crippen molar-refractivity contribution in [2.45, 2.75) is 61.6 Å². The lowest BCUT2D eigenvalue weighted by molar-refractivity contribution is -0.231. The standard InChI is InChI=1S/C23H27ClO5S/c1-2-12-3-5-13(6-4-12)9-14-10-16(15-7-8-30-23(15)18(14)24)22-21(28)20(27)19(26)17(11-25)29-22/h3-6,10,17,19-22,25-28H,2,7-9,11H2,1H3/t17-,19-,20+,21-,22+/m1/s1. The average molecular weight is 451 g/mol. The number of fused-ring (bicyclic) bond motifs is 1. The van der Waals surface area contributed by atoms with Crippen molar-refractivity contribution >= 4 is 23.4 Å². The third-order valence-corrected chi connectivity index (χ3v) is 7.75. The minimum Gasteiger partial charge on any atom is -0.394 e. The minimum atomic E-state index is -1.40. The quantitative estimate of drug-likeness (QED) is 0.560. The van der Waals surface area contributed by atoms with Crippen LogP contribution in [0.4, 0.5) is 0 Å². The third kappa shape index (κ3) is 4.02. The van der Waals surface area contributed by atoms with Crippen molar-refractivity contribution in [3.05, 3.63) is 63.2 Å². The van der Waals surface area contributed by atoms with Gasteiger partial charge >= 0.3 is 0 Å². The van der Waals surface area contributed by atoms with Gasteiger partial charge in [-0.15, -0.1) is 11.8 Å². The van der Waals surface area contributed by atoms with Gasteiger partial charge in [-0.3, -0.25) is 0 Å². The molecular formula is C23H27ClO5S. The Kier molecular flexibility index (Phi) is 6.75. The smallest absolute Gasteiger partial charge is 0.113 e. The molecule has 2 aliphatic heterocycles. The lowest BCUT2D eigenvalue weighted by Crippen LogP contribution is -2.55. The molecule has 0 aliphatic carbocycles. The number of benzene rings is 2. The van der Waals surface area contributed by atoms with Gasteiger partial charge in [-0.1, -0.05) is 48.9 Å². The Bertz CT molecular complexity index is 901. The fourth-order valence-electron chi connectivity index (χ4n) is 4.26. The van der Waals surface area contributed by atoms with Crippen molar-refractivity contribution < 1.29 is 25.2 Å². The van der Waals surface area contributed by atoms with Gasteiger partial charge in [0.05, 0.1) is 11.6 Å². The molecule has 2 aromatic rings. The molecule has 5 nitrogen and oxygen atoms in total. The van der Waals surface area contributed by atoms with E-state index in [0.717, 1.165) is 50.8 Å². The predicted octanol–water partition coefficient (Wildman–Crippen LogP) is 2.66. The van der Waals surface area contributed by atoms with Crippen LogP contribution in [0.15, 0.2) is 35.2 Å². The van der Waals surface area contributed by atoms with Gasteiger partial charge < -0.3 is 25.2 Å². The maximum atomic E-state index is 10.7. The highest BCUT2D eigenvalue weighted by molar-refractivity contribution is 7.99. The summed E-state index contributed by atoms with van der Waals surface area (Å²) in [6.07, 6.45) is -3.42. The van der Waals surface area contributed by atoms with Crippen LogP contribution < -0.4 is 0 Å². The normalized spacial score (nSPS) is 28.5. The number of aryl methyl sites for hydroxylation is 1. The molecule has 0 saturated carbocycles. The first-order chi connectivity index (χ1) is 14.4. The Morgan fingerprint density at radius 3 is 2.43 bits per heavy atom.